The molecule has 1 unspecified atom stereocenters. The molecule has 1 aliphatic heterocycles. The average molecular weight is 428 g/mol. The number of carbonyl (C=O) groups excluding carboxylic acids is 2. The molecule has 1 N–H and O–H groups in total. The molecule has 1 amide bonds. The minimum absolute atomic E-state index is 0.110. The van der Waals surface area contributed by atoms with E-state index in [2.05, 4.69) is 6.92 Å². The van der Waals surface area contributed by atoms with Crippen LogP contribution >= 0.6 is 0 Å². The number of aryl methyl sites for hydroxylation is 1. The minimum Gasteiger partial charge on any atom is -0.507 e. The van der Waals surface area contributed by atoms with Crippen LogP contribution in [-0.2, 0) is 22.6 Å². The van der Waals surface area contributed by atoms with Gasteiger partial charge in [-0.25, -0.2) is 0 Å². The van der Waals surface area contributed by atoms with Crippen LogP contribution in [0.4, 0.5) is 0 Å². The Bertz CT molecular complexity index is 1150. The highest BCUT2D eigenvalue weighted by molar-refractivity contribution is 6.46. The fourth-order valence-corrected chi connectivity index (χ4v) is 4.01. The van der Waals surface area contributed by atoms with E-state index in [1.54, 1.807) is 19.2 Å². The van der Waals surface area contributed by atoms with Crippen molar-refractivity contribution in [2.75, 3.05) is 7.11 Å². The Morgan fingerprint density at radius 3 is 2.12 bits per heavy atom. The molecule has 0 bridgehead atoms. The Balaban J connectivity index is 1.79. The van der Waals surface area contributed by atoms with E-state index in [0.29, 0.717) is 11.3 Å². The molecule has 0 radical (unpaired) electrons. The van der Waals surface area contributed by atoms with Crippen molar-refractivity contribution >= 4 is 17.4 Å². The number of hydrogen-bond donors (Lipinski definition) is 1. The van der Waals surface area contributed by atoms with Crippen molar-refractivity contribution in [3.05, 3.63) is 107 Å². The van der Waals surface area contributed by atoms with E-state index >= 15 is 0 Å². The first-order valence-electron chi connectivity index (χ1n) is 10.6. The number of Topliss-reactive ketones (excluding diaryl/α,β-unsaturated/α-hetero) is 1. The number of likely N-dealkylation sites (tertiary alicyclic amines) is 1. The number of aliphatic hydroxyl groups is 1. The SMILES string of the molecule is CCc1ccc(/C(O)=C2/C(=O)C(=O)N(Cc3ccc(OC)cc3)C2c2ccccc2)cc1. The topological polar surface area (TPSA) is 66.8 Å². The first kappa shape index (κ1) is 21.4. The third-order valence-electron chi connectivity index (χ3n) is 5.80. The zero-order chi connectivity index (χ0) is 22.7. The van der Waals surface area contributed by atoms with E-state index in [-0.39, 0.29) is 17.9 Å². The molecule has 4 rings (SSSR count). The summed E-state index contributed by atoms with van der Waals surface area (Å²) in [6, 6.07) is 23.4. The molecule has 0 aromatic heterocycles. The van der Waals surface area contributed by atoms with E-state index < -0.39 is 17.7 Å². The fourth-order valence-electron chi connectivity index (χ4n) is 4.01. The molecule has 1 aliphatic rings. The van der Waals surface area contributed by atoms with Crippen molar-refractivity contribution in [2.24, 2.45) is 0 Å². The summed E-state index contributed by atoms with van der Waals surface area (Å²) in [5.74, 6) is -0.742. The van der Waals surface area contributed by atoms with Gasteiger partial charge in [0, 0.05) is 12.1 Å². The summed E-state index contributed by atoms with van der Waals surface area (Å²) >= 11 is 0. The Morgan fingerprint density at radius 2 is 1.53 bits per heavy atom. The van der Waals surface area contributed by atoms with E-state index in [0.717, 1.165) is 23.1 Å². The maximum atomic E-state index is 13.1. The summed E-state index contributed by atoms with van der Waals surface area (Å²) in [5.41, 5.74) is 3.39. The van der Waals surface area contributed by atoms with E-state index in [1.165, 1.54) is 4.90 Å². The second-order valence-corrected chi connectivity index (χ2v) is 7.74. The van der Waals surface area contributed by atoms with Crippen LogP contribution < -0.4 is 4.74 Å². The van der Waals surface area contributed by atoms with Crippen LogP contribution in [0.1, 0.15) is 35.2 Å². The summed E-state index contributed by atoms with van der Waals surface area (Å²) in [6.45, 7) is 2.29. The standard InChI is InChI=1S/C27H25NO4/c1-3-18-9-13-21(14-10-18)25(29)23-24(20-7-5-4-6-8-20)28(27(31)26(23)30)17-19-11-15-22(32-2)16-12-19/h4-16,24,29H,3,17H2,1-2H3/b25-23-. The number of ether oxygens (including phenoxy) is 1. The largest absolute Gasteiger partial charge is 0.507 e. The Morgan fingerprint density at radius 1 is 0.906 bits per heavy atom. The fraction of sp³-hybridized carbons (Fsp3) is 0.185. The first-order chi connectivity index (χ1) is 15.5. The third-order valence-corrected chi connectivity index (χ3v) is 5.80. The molecule has 1 heterocycles. The quantitative estimate of drug-likeness (QED) is 0.346. The van der Waals surface area contributed by atoms with Gasteiger partial charge in [0.2, 0.25) is 0 Å². The number of amides is 1. The number of benzene rings is 3. The van der Waals surface area contributed by atoms with Crippen molar-refractivity contribution < 1.29 is 19.4 Å². The Hall–Kier alpha value is -3.86. The zero-order valence-corrected chi connectivity index (χ0v) is 18.1. The number of carbonyl (C=O) groups is 2. The molecule has 1 atom stereocenters. The van der Waals surface area contributed by atoms with Crippen LogP contribution in [-0.4, -0.2) is 28.8 Å². The van der Waals surface area contributed by atoms with Crippen LogP contribution in [0.15, 0.2) is 84.4 Å². The summed E-state index contributed by atoms with van der Waals surface area (Å²) in [7, 11) is 1.59. The van der Waals surface area contributed by atoms with Gasteiger partial charge in [0.05, 0.1) is 18.7 Å². The van der Waals surface area contributed by atoms with Gasteiger partial charge in [-0.3, -0.25) is 9.59 Å². The van der Waals surface area contributed by atoms with Gasteiger partial charge in [0.15, 0.2) is 0 Å². The number of rotatable bonds is 6. The maximum absolute atomic E-state index is 13.1. The molecule has 1 saturated heterocycles. The van der Waals surface area contributed by atoms with Crippen molar-refractivity contribution in [1.82, 2.24) is 4.90 Å². The Labute approximate surface area is 187 Å². The molecule has 5 nitrogen and oxygen atoms in total. The number of aliphatic hydroxyl groups excluding tert-OH is 1. The lowest BCUT2D eigenvalue weighted by Crippen LogP contribution is -2.29. The Kier molecular flexibility index (Phi) is 6.08. The van der Waals surface area contributed by atoms with Crippen LogP contribution in [0.5, 0.6) is 5.75 Å². The second kappa shape index (κ2) is 9.10. The molecule has 1 fully saturated rings. The lowest BCUT2D eigenvalue weighted by atomic mass is 9.95. The highest BCUT2D eigenvalue weighted by Crippen LogP contribution is 2.40. The third kappa shape index (κ3) is 4.02. The predicted octanol–water partition coefficient (Wildman–Crippen LogP) is 4.88. The van der Waals surface area contributed by atoms with Crippen LogP contribution in [0.3, 0.4) is 0 Å². The molecule has 162 valence electrons. The number of methoxy groups -OCH3 is 1. The molecule has 3 aromatic carbocycles. The van der Waals surface area contributed by atoms with Crippen molar-refractivity contribution in [1.29, 1.82) is 0 Å². The first-order valence-corrected chi connectivity index (χ1v) is 10.6. The summed E-state index contributed by atoms with van der Waals surface area (Å²) in [4.78, 5) is 27.7. The van der Waals surface area contributed by atoms with E-state index in [1.807, 2.05) is 66.7 Å². The molecule has 5 heteroatoms. The van der Waals surface area contributed by atoms with Gasteiger partial charge in [-0.15, -0.1) is 0 Å². The normalized spacial score (nSPS) is 17.6. The lowest BCUT2D eigenvalue weighted by Gasteiger charge is -2.25. The molecular weight excluding hydrogens is 402 g/mol. The number of hydrogen-bond acceptors (Lipinski definition) is 4. The summed E-state index contributed by atoms with van der Waals surface area (Å²) < 4.78 is 5.21. The van der Waals surface area contributed by atoms with Gasteiger partial charge in [-0.1, -0.05) is 73.7 Å². The lowest BCUT2D eigenvalue weighted by molar-refractivity contribution is -0.140. The summed E-state index contributed by atoms with van der Waals surface area (Å²) in [5, 5.41) is 11.1. The predicted molar refractivity (Wildman–Crippen MR) is 123 cm³/mol. The van der Waals surface area contributed by atoms with Crippen molar-refractivity contribution in [3.63, 3.8) is 0 Å². The number of ketones is 1. The average Bonchev–Trinajstić information content (AvgIpc) is 3.09. The van der Waals surface area contributed by atoms with Gasteiger partial charge in [0.1, 0.15) is 11.5 Å². The molecular formula is C27H25NO4. The van der Waals surface area contributed by atoms with Crippen LogP contribution in [0.2, 0.25) is 0 Å². The van der Waals surface area contributed by atoms with Crippen molar-refractivity contribution in [2.45, 2.75) is 25.9 Å². The zero-order valence-electron chi connectivity index (χ0n) is 18.1. The van der Waals surface area contributed by atoms with E-state index in [4.69, 9.17) is 4.74 Å². The molecule has 0 spiro atoms. The second-order valence-electron chi connectivity index (χ2n) is 7.74. The van der Waals surface area contributed by atoms with Crippen molar-refractivity contribution in [3.8, 4) is 5.75 Å². The molecule has 0 aliphatic carbocycles. The van der Waals surface area contributed by atoms with Crippen LogP contribution in [0.25, 0.3) is 5.76 Å². The van der Waals surface area contributed by atoms with Gasteiger partial charge in [0.25, 0.3) is 11.7 Å². The highest BCUT2D eigenvalue weighted by Gasteiger charge is 2.45. The van der Waals surface area contributed by atoms with Gasteiger partial charge >= 0.3 is 0 Å². The smallest absolute Gasteiger partial charge is 0.295 e. The van der Waals surface area contributed by atoms with Gasteiger partial charge in [-0.05, 0) is 35.2 Å². The molecule has 32 heavy (non-hydrogen) atoms. The van der Waals surface area contributed by atoms with Gasteiger partial charge in [-0.2, -0.15) is 0 Å². The monoisotopic (exact) mass is 427 g/mol. The number of nitrogens with zero attached hydrogens (tertiary/aromatic N) is 1. The minimum atomic E-state index is -0.677. The summed E-state index contributed by atoms with van der Waals surface area (Å²) in [6.07, 6.45) is 0.872. The molecule has 3 aromatic rings. The van der Waals surface area contributed by atoms with Crippen LogP contribution in [0, 0.1) is 0 Å². The maximum Gasteiger partial charge on any atom is 0.295 e. The molecule has 0 saturated carbocycles. The van der Waals surface area contributed by atoms with E-state index in [9.17, 15) is 14.7 Å². The highest BCUT2D eigenvalue weighted by atomic mass is 16.5. The van der Waals surface area contributed by atoms with Gasteiger partial charge < -0.3 is 14.7 Å².